The van der Waals surface area contributed by atoms with E-state index in [1.165, 1.54) is 0 Å². The molecule has 0 radical (unpaired) electrons. The first-order chi connectivity index (χ1) is 9.10. The Hall–Kier alpha value is -1.10. The van der Waals surface area contributed by atoms with Gasteiger partial charge in [0.2, 0.25) is 5.91 Å². The molecule has 0 aromatic carbocycles. The van der Waals surface area contributed by atoms with E-state index in [2.05, 4.69) is 5.32 Å². The molecule has 19 heavy (non-hydrogen) atoms. The Morgan fingerprint density at radius 1 is 1.32 bits per heavy atom. The van der Waals surface area contributed by atoms with Crippen LogP contribution in [-0.4, -0.2) is 47.6 Å². The van der Waals surface area contributed by atoms with E-state index in [9.17, 15) is 14.7 Å². The predicted molar refractivity (Wildman–Crippen MR) is 71.8 cm³/mol. The molecule has 5 nitrogen and oxygen atoms in total. The van der Waals surface area contributed by atoms with Gasteiger partial charge < -0.3 is 15.3 Å². The number of rotatable bonds is 3. The number of carbonyl (C=O) groups excluding carboxylic acids is 1. The Morgan fingerprint density at radius 2 is 2.00 bits per heavy atom. The molecule has 2 rings (SSSR count). The molecule has 0 saturated carbocycles. The molecule has 2 aliphatic heterocycles. The van der Waals surface area contributed by atoms with Crippen LogP contribution in [0.1, 0.15) is 45.4 Å². The van der Waals surface area contributed by atoms with Crippen LogP contribution in [0.5, 0.6) is 0 Å². The highest BCUT2D eigenvalue weighted by atomic mass is 16.4. The van der Waals surface area contributed by atoms with Gasteiger partial charge in [0.15, 0.2) is 0 Å². The minimum absolute atomic E-state index is 0.0728. The van der Waals surface area contributed by atoms with Crippen molar-refractivity contribution in [3.05, 3.63) is 0 Å². The predicted octanol–water partition coefficient (Wildman–Crippen LogP) is 1.23. The first-order valence-corrected chi connectivity index (χ1v) is 7.35. The normalized spacial score (nSPS) is 27.0. The van der Waals surface area contributed by atoms with E-state index in [0.29, 0.717) is 13.0 Å². The third-order valence-corrected chi connectivity index (χ3v) is 4.74. The topological polar surface area (TPSA) is 69.6 Å². The van der Waals surface area contributed by atoms with Crippen LogP contribution >= 0.6 is 0 Å². The van der Waals surface area contributed by atoms with Gasteiger partial charge in [0.25, 0.3) is 0 Å². The van der Waals surface area contributed by atoms with E-state index >= 15 is 0 Å². The standard InChI is InChI=1S/C14H24N2O3/c1-2-14(6-8-15-9-7-14)13(19)16-10-4-3-5-11(16)12(17)18/h11,15H,2-10H2,1H3,(H,17,18)/t11-/m1/s1. The van der Waals surface area contributed by atoms with Crippen LogP contribution < -0.4 is 5.32 Å². The maximum absolute atomic E-state index is 12.9. The second kappa shape index (κ2) is 5.90. The maximum Gasteiger partial charge on any atom is 0.326 e. The fourth-order valence-corrected chi connectivity index (χ4v) is 3.36. The monoisotopic (exact) mass is 268 g/mol. The molecule has 2 aliphatic rings. The van der Waals surface area contributed by atoms with Crippen LogP contribution in [0, 0.1) is 5.41 Å². The number of hydrogen-bond donors (Lipinski definition) is 2. The Balaban J connectivity index is 2.17. The molecule has 2 N–H and O–H groups in total. The maximum atomic E-state index is 12.9. The largest absolute Gasteiger partial charge is 0.480 e. The van der Waals surface area contributed by atoms with Gasteiger partial charge in [-0.1, -0.05) is 6.92 Å². The van der Waals surface area contributed by atoms with E-state index in [0.717, 1.165) is 45.2 Å². The van der Waals surface area contributed by atoms with Gasteiger partial charge in [-0.05, 0) is 51.6 Å². The molecule has 1 amide bonds. The summed E-state index contributed by atoms with van der Waals surface area (Å²) in [5.74, 6) is -0.781. The number of piperidine rings is 2. The van der Waals surface area contributed by atoms with E-state index in [1.807, 2.05) is 6.92 Å². The van der Waals surface area contributed by atoms with Crippen LogP contribution in [0.25, 0.3) is 0 Å². The van der Waals surface area contributed by atoms with E-state index in [4.69, 9.17) is 0 Å². The number of hydrogen-bond acceptors (Lipinski definition) is 3. The fraction of sp³-hybridized carbons (Fsp3) is 0.857. The van der Waals surface area contributed by atoms with Crippen LogP contribution in [0.15, 0.2) is 0 Å². The van der Waals surface area contributed by atoms with Gasteiger partial charge in [-0.25, -0.2) is 4.79 Å². The van der Waals surface area contributed by atoms with Gasteiger partial charge in [0.05, 0.1) is 5.41 Å². The first kappa shape index (κ1) is 14.3. The third kappa shape index (κ3) is 2.76. The summed E-state index contributed by atoms with van der Waals surface area (Å²) in [5, 5.41) is 12.6. The summed E-state index contributed by atoms with van der Waals surface area (Å²) in [5.41, 5.74) is -0.337. The zero-order valence-corrected chi connectivity index (χ0v) is 11.7. The first-order valence-electron chi connectivity index (χ1n) is 7.35. The van der Waals surface area contributed by atoms with Gasteiger partial charge in [-0.2, -0.15) is 0 Å². The van der Waals surface area contributed by atoms with Crippen molar-refractivity contribution in [2.45, 2.75) is 51.5 Å². The molecule has 2 fully saturated rings. The number of likely N-dealkylation sites (tertiary alicyclic amines) is 1. The van der Waals surface area contributed by atoms with Crippen molar-refractivity contribution in [2.24, 2.45) is 5.41 Å². The van der Waals surface area contributed by atoms with Gasteiger partial charge >= 0.3 is 5.97 Å². The lowest BCUT2D eigenvalue weighted by Gasteiger charge is -2.43. The van der Waals surface area contributed by atoms with Gasteiger partial charge in [-0.15, -0.1) is 0 Å². The summed E-state index contributed by atoms with van der Waals surface area (Å²) < 4.78 is 0. The number of amides is 1. The van der Waals surface area contributed by atoms with Crippen molar-refractivity contribution in [3.8, 4) is 0 Å². The van der Waals surface area contributed by atoms with Crippen molar-refractivity contribution < 1.29 is 14.7 Å². The third-order valence-electron chi connectivity index (χ3n) is 4.74. The molecular weight excluding hydrogens is 244 g/mol. The van der Waals surface area contributed by atoms with E-state index in [-0.39, 0.29) is 11.3 Å². The molecule has 2 heterocycles. The second-order valence-corrected chi connectivity index (χ2v) is 5.73. The van der Waals surface area contributed by atoms with Gasteiger partial charge in [0.1, 0.15) is 6.04 Å². The number of carboxylic acids is 1. The molecule has 2 saturated heterocycles. The summed E-state index contributed by atoms with van der Waals surface area (Å²) in [6, 6.07) is -0.612. The van der Waals surface area contributed by atoms with Crippen molar-refractivity contribution in [2.75, 3.05) is 19.6 Å². The van der Waals surface area contributed by atoms with Crippen LogP contribution in [0.2, 0.25) is 0 Å². The summed E-state index contributed by atoms with van der Waals surface area (Å²) in [6.45, 7) is 4.35. The van der Waals surface area contributed by atoms with Gasteiger partial charge in [0, 0.05) is 6.54 Å². The molecule has 0 aromatic rings. The average Bonchev–Trinajstić information content (AvgIpc) is 2.47. The minimum Gasteiger partial charge on any atom is -0.480 e. The zero-order valence-electron chi connectivity index (χ0n) is 11.7. The molecule has 1 atom stereocenters. The molecule has 108 valence electrons. The van der Waals surface area contributed by atoms with Crippen molar-refractivity contribution >= 4 is 11.9 Å². The highest BCUT2D eigenvalue weighted by Crippen LogP contribution is 2.36. The Labute approximate surface area is 114 Å². The van der Waals surface area contributed by atoms with E-state index in [1.54, 1.807) is 4.90 Å². The Bertz CT molecular complexity index is 351. The molecule has 0 bridgehead atoms. The lowest BCUT2D eigenvalue weighted by molar-refractivity contribution is -0.158. The summed E-state index contributed by atoms with van der Waals surface area (Å²) >= 11 is 0. The number of aliphatic carboxylic acids is 1. The lowest BCUT2D eigenvalue weighted by Crippen LogP contribution is -2.55. The van der Waals surface area contributed by atoms with Gasteiger partial charge in [-0.3, -0.25) is 4.79 Å². The molecule has 5 heteroatoms. The average molecular weight is 268 g/mol. The number of nitrogens with zero attached hydrogens (tertiary/aromatic N) is 1. The Kier molecular flexibility index (Phi) is 4.45. The summed E-state index contributed by atoms with van der Waals surface area (Å²) in [6.07, 6.45) is 4.88. The van der Waals surface area contributed by atoms with Crippen molar-refractivity contribution in [1.29, 1.82) is 0 Å². The number of nitrogens with one attached hydrogen (secondary N) is 1. The molecular formula is C14H24N2O3. The van der Waals surface area contributed by atoms with Crippen LogP contribution in [-0.2, 0) is 9.59 Å². The number of carboxylic acid groups (broad SMARTS) is 1. The van der Waals surface area contributed by atoms with Crippen LogP contribution in [0.4, 0.5) is 0 Å². The summed E-state index contributed by atoms with van der Waals surface area (Å²) in [4.78, 5) is 25.8. The van der Waals surface area contributed by atoms with Crippen molar-refractivity contribution in [1.82, 2.24) is 10.2 Å². The molecule has 0 aliphatic carbocycles. The SMILES string of the molecule is CCC1(C(=O)N2CCCC[C@@H]2C(=O)O)CCNCC1. The second-order valence-electron chi connectivity index (χ2n) is 5.73. The molecule has 0 unspecified atom stereocenters. The molecule has 0 spiro atoms. The molecule has 0 aromatic heterocycles. The summed E-state index contributed by atoms with van der Waals surface area (Å²) in [7, 11) is 0. The quantitative estimate of drug-likeness (QED) is 0.808. The van der Waals surface area contributed by atoms with E-state index < -0.39 is 12.0 Å². The number of carbonyl (C=O) groups is 2. The van der Waals surface area contributed by atoms with Crippen LogP contribution in [0.3, 0.4) is 0 Å². The highest BCUT2D eigenvalue weighted by Gasteiger charge is 2.44. The fourth-order valence-electron chi connectivity index (χ4n) is 3.36. The lowest BCUT2D eigenvalue weighted by atomic mass is 9.74. The Morgan fingerprint density at radius 3 is 2.58 bits per heavy atom. The smallest absolute Gasteiger partial charge is 0.326 e. The highest BCUT2D eigenvalue weighted by molar-refractivity contribution is 5.87. The van der Waals surface area contributed by atoms with Crippen molar-refractivity contribution in [3.63, 3.8) is 0 Å². The zero-order chi connectivity index (χ0) is 13.9. The minimum atomic E-state index is -0.853.